The molecule has 114 valence electrons. The summed E-state index contributed by atoms with van der Waals surface area (Å²) in [7, 11) is 0. The molecule has 0 aliphatic carbocycles. The number of ether oxygens (including phenoxy) is 1. The third kappa shape index (κ3) is 6.42. The van der Waals surface area contributed by atoms with E-state index in [9.17, 15) is 0 Å². The molecule has 0 saturated heterocycles. The minimum absolute atomic E-state index is 0.141. The van der Waals surface area contributed by atoms with Gasteiger partial charge in [-0.3, -0.25) is 0 Å². The zero-order valence-electron chi connectivity index (χ0n) is 13.7. The maximum absolute atomic E-state index is 5.98. The van der Waals surface area contributed by atoms with E-state index in [0.29, 0.717) is 0 Å². The number of hydrogen-bond donors (Lipinski definition) is 1. The summed E-state index contributed by atoms with van der Waals surface area (Å²) >= 11 is 0. The van der Waals surface area contributed by atoms with Gasteiger partial charge in [-0.2, -0.15) is 0 Å². The molecule has 1 aromatic rings. The van der Waals surface area contributed by atoms with Gasteiger partial charge in [-0.1, -0.05) is 58.7 Å². The van der Waals surface area contributed by atoms with E-state index >= 15 is 0 Å². The Morgan fingerprint density at radius 2 is 1.70 bits per heavy atom. The number of benzene rings is 1. The van der Waals surface area contributed by atoms with Crippen molar-refractivity contribution in [3.63, 3.8) is 0 Å². The van der Waals surface area contributed by atoms with Crippen molar-refractivity contribution in [1.82, 2.24) is 5.32 Å². The van der Waals surface area contributed by atoms with Crippen LogP contribution < -0.4 is 10.1 Å². The monoisotopic (exact) mass is 277 g/mol. The molecule has 0 bridgehead atoms. The van der Waals surface area contributed by atoms with Gasteiger partial charge in [0.05, 0.1) is 6.61 Å². The largest absolute Gasteiger partial charge is 0.493 e. The fourth-order valence-corrected chi connectivity index (χ4v) is 2.28. The van der Waals surface area contributed by atoms with Gasteiger partial charge in [0.15, 0.2) is 0 Å². The predicted molar refractivity (Wildman–Crippen MR) is 87.6 cm³/mol. The van der Waals surface area contributed by atoms with E-state index in [-0.39, 0.29) is 5.41 Å². The van der Waals surface area contributed by atoms with Crippen LogP contribution in [0.4, 0.5) is 0 Å². The molecule has 0 aliphatic heterocycles. The van der Waals surface area contributed by atoms with Gasteiger partial charge in [0.25, 0.3) is 0 Å². The molecule has 0 amide bonds. The molecule has 2 nitrogen and oxygen atoms in total. The van der Waals surface area contributed by atoms with E-state index in [4.69, 9.17) is 4.74 Å². The highest BCUT2D eigenvalue weighted by atomic mass is 16.5. The first kappa shape index (κ1) is 17.0. The molecule has 0 saturated carbocycles. The second kappa shape index (κ2) is 9.02. The summed E-state index contributed by atoms with van der Waals surface area (Å²) in [6, 6.07) is 8.41. The lowest BCUT2D eigenvalue weighted by Crippen LogP contribution is -2.14. The molecule has 0 unspecified atom stereocenters. The molecule has 1 N–H and O–H groups in total. The van der Waals surface area contributed by atoms with E-state index < -0.39 is 0 Å². The first-order valence-corrected chi connectivity index (χ1v) is 7.98. The minimum Gasteiger partial charge on any atom is -0.493 e. The second-order valence-electron chi connectivity index (χ2n) is 6.36. The summed E-state index contributed by atoms with van der Waals surface area (Å²) in [5, 5.41) is 3.36. The number of unbranched alkanes of at least 4 members (excludes halogenated alkanes) is 3. The number of hydrogen-bond acceptors (Lipinski definition) is 2. The van der Waals surface area contributed by atoms with E-state index in [1.54, 1.807) is 0 Å². The van der Waals surface area contributed by atoms with Gasteiger partial charge in [-0.05, 0) is 43.0 Å². The third-order valence-electron chi connectivity index (χ3n) is 3.45. The molecule has 2 heteroatoms. The summed E-state index contributed by atoms with van der Waals surface area (Å²) in [4.78, 5) is 0. The van der Waals surface area contributed by atoms with Gasteiger partial charge in [-0.15, -0.1) is 0 Å². The van der Waals surface area contributed by atoms with Crippen LogP contribution in [0.3, 0.4) is 0 Å². The standard InChI is InChI=1S/C18H31NO/c1-5-19-14-10-6-7-11-15-20-17-13-9-8-12-16(17)18(2,3)4/h8-9,12-13,19H,5-7,10-11,14-15H2,1-4H3. The van der Waals surface area contributed by atoms with E-state index in [1.807, 2.05) is 0 Å². The Kier molecular flexibility index (Phi) is 7.68. The second-order valence-corrected chi connectivity index (χ2v) is 6.36. The van der Waals surface area contributed by atoms with Crippen LogP contribution in [0.2, 0.25) is 0 Å². The molecule has 0 spiro atoms. The molecular weight excluding hydrogens is 246 g/mol. The average Bonchev–Trinajstić information content (AvgIpc) is 2.41. The van der Waals surface area contributed by atoms with Crippen LogP contribution in [0.15, 0.2) is 24.3 Å². The van der Waals surface area contributed by atoms with Crippen LogP contribution in [0.25, 0.3) is 0 Å². The molecule has 0 radical (unpaired) electrons. The molecule has 0 atom stereocenters. The lowest BCUT2D eigenvalue weighted by Gasteiger charge is -2.22. The van der Waals surface area contributed by atoms with E-state index in [1.165, 1.54) is 24.8 Å². The molecule has 0 aromatic heterocycles. The fourth-order valence-electron chi connectivity index (χ4n) is 2.28. The highest BCUT2D eigenvalue weighted by molar-refractivity contribution is 5.38. The highest BCUT2D eigenvalue weighted by Gasteiger charge is 2.17. The lowest BCUT2D eigenvalue weighted by atomic mass is 9.86. The SMILES string of the molecule is CCNCCCCCCOc1ccccc1C(C)(C)C. The molecule has 0 fully saturated rings. The molecule has 0 aliphatic rings. The zero-order valence-corrected chi connectivity index (χ0v) is 13.7. The smallest absolute Gasteiger partial charge is 0.123 e. The lowest BCUT2D eigenvalue weighted by molar-refractivity contribution is 0.297. The minimum atomic E-state index is 0.141. The van der Waals surface area contributed by atoms with Crippen molar-refractivity contribution < 1.29 is 4.74 Å². The Balaban J connectivity index is 2.26. The predicted octanol–water partition coefficient (Wildman–Crippen LogP) is 4.53. The van der Waals surface area contributed by atoms with Crippen LogP contribution >= 0.6 is 0 Å². The van der Waals surface area contributed by atoms with Crippen molar-refractivity contribution in [2.75, 3.05) is 19.7 Å². The van der Waals surface area contributed by atoms with Gasteiger partial charge in [0, 0.05) is 0 Å². The van der Waals surface area contributed by atoms with Crippen LogP contribution in [0, 0.1) is 0 Å². The van der Waals surface area contributed by atoms with Crippen molar-refractivity contribution >= 4 is 0 Å². The number of para-hydroxylation sites is 1. The zero-order chi connectivity index (χ0) is 14.8. The van der Waals surface area contributed by atoms with Crippen LogP contribution in [0.5, 0.6) is 5.75 Å². The van der Waals surface area contributed by atoms with Crippen molar-refractivity contribution in [3.05, 3.63) is 29.8 Å². The third-order valence-corrected chi connectivity index (χ3v) is 3.45. The van der Waals surface area contributed by atoms with Gasteiger partial charge in [0.1, 0.15) is 5.75 Å². The first-order chi connectivity index (χ1) is 9.55. The fraction of sp³-hybridized carbons (Fsp3) is 0.667. The van der Waals surface area contributed by atoms with Gasteiger partial charge in [0.2, 0.25) is 0 Å². The van der Waals surface area contributed by atoms with E-state index in [0.717, 1.165) is 31.9 Å². The quantitative estimate of drug-likeness (QED) is 0.669. The Morgan fingerprint density at radius 3 is 2.40 bits per heavy atom. The molecule has 0 heterocycles. The Hall–Kier alpha value is -1.02. The maximum atomic E-state index is 5.98. The normalized spacial score (nSPS) is 11.6. The highest BCUT2D eigenvalue weighted by Crippen LogP contribution is 2.30. The van der Waals surface area contributed by atoms with Gasteiger partial charge < -0.3 is 10.1 Å². The summed E-state index contributed by atoms with van der Waals surface area (Å²) in [6.45, 7) is 11.9. The molecular formula is C18H31NO. The summed E-state index contributed by atoms with van der Waals surface area (Å²) in [5.74, 6) is 1.05. The average molecular weight is 277 g/mol. The van der Waals surface area contributed by atoms with Crippen LogP contribution in [-0.2, 0) is 5.41 Å². The number of nitrogens with one attached hydrogen (secondary N) is 1. The Morgan fingerprint density at radius 1 is 1.00 bits per heavy atom. The van der Waals surface area contributed by atoms with Crippen molar-refractivity contribution in [2.45, 2.75) is 58.8 Å². The Bertz CT molecular complexity index is 368. The summed E-state index contributed by atoms with van der Waals surface area (Å²) in [5.41, 5.74) is 1.44. The first-order valence-electron chi connectivity index (χ1n) is 7.98. The topological polar surface area (TPSA) is 21.3 Å². The molecule has 1 aromatic carbocycles. The summed E-state index contributed by atoms with van der Waals surface area (Å²) < 4.78 is 5.98. The van der Waals surface area contributed by atoms with E-state index in [2.05, 4.69) is 57.3 Å². The van der Waals surface area contributed by atoms with Crippen molar-refractivity contribution in [1.29, 1.82) is 0 Å². The van der Waals surface area contributed by atoms with Crippen molar-refractivity contribution in [3.8, 4) is 5.75 Å². The van der Waals surface area contributed by atoms with Gasteiger partial charge >= 0.3 is 0 Å². The van der Waals surface area contributed by atoms with Crippen LogP contribution in [-0.4, -0.2) is 19.7 Å². The molecule has 1 rings (SSSR count). The van der Waals surface area contributed by atoms with Crippen molar-refractivity contribution in [2.24, 2.45) is 0 Å². The summed E-state index contributed by atoms with van der Waals surface area (Å²) in [6.07, 6.45) is 4.96. The molecule has 20 heavy (non-hydrogen) atoms. The van der Waals surface area contributed by atoms with Gasteiger partial charge in [-0.25, -0.2) is 0 Å². The van der Waals surface area contributed by atoms with Crippen LogP contribution in [0.1, 0.15) is 58.9 Å². The maximum Gasteiger partial charge on any atom is 0.123 e. The number of rotatable bonds is 9. The Labute approximate surface area is 124 Å².